The van der Waals surface area contributed by atoms with Crippen molar-refractivity contribution in [2.45, 2.75) is 78.0 Å². The molecule has 114 valence electrons. The third-order valence-corrected chi connectivity index (χ3v) is 3.95. The maximum atomic E-state index is 5.97. The van der Waals surface area contributed by atoms with Crippen molar-refractivity contribution in [2.24, 2.45) is 5.92 Å². The molecule has 1 fully saturated rings. The van der Waals surface area contributed by atoms with Gasteiger partial charge in [0.1, 0.15) is 12.4 Å². The molecule has 4 heteroatoms. The highest BCUT2D eigenvalue weighted by atomic mass is 16.6. The lowest BCUT2D eigenvalue weighted by Gasteiger charge is -2.29. The zero-order chi connectivity index (χ0) is 14.6. The van der Waals surface area contributed by atoms with E-state index in [0.717, 1.165) is 12.1 Å². The van der Waals surface area contributed by atoms with Crippen molar-refractivity contribution < 1.29 is 9.15 Å². The highest BCUT2D eigenvalue weighted by Crippen LogP contribution is 2.30. The zero-order valence-electron chi connectivity index (χ0n) is 13.2. The second-order valence-electron chi connectivity index (χ2n) is 6.82. The Morgan fingerprint density at radius 1 is 1.35 bits per heavy atom. The first-order valence-electron chi connectivity index (χ1n) is 7.84. The maximum absolute atomic E-state index is 5.97. The summed E-state index contributed by atoms with van der Waals surface area (Å²) in [5, 5.41) is 3.40. The van der Waals surface area contributed by atoms with Crippen molar-refractivity contribution in [3.8, 4) is 6.08 Å². The second kappa shape index (κ2) is 6.61. The van der Waals surface area contributed by atoms with Crippen molar-refractivity contribution in [1.82, 2.24) is 10.3 Å². The molecule has 1 saturated carbocycles. The highest BCUT2D eigenvalue weighted by molar-refractivity contribution is 5.01. The average molecular weight is 280 g/mol. The molecule has 1 aromatic rings. The van der Waals surface area contributed by atoms with E-state index >= 15 is 0 Å². The van der Waals surface area contributed by atoms with Crippen LogP contribution in [0.15, 0.2) is 10.7 Å². The molecular formula is C16H28N2O2. The molecule has 20 heavy (non-hydrogen) atoms. The van der Waals surface area contributed by atoms with Crippen LogP contribution in [0.25, 0.3) is 0 Å². The Hall–Kier alpha value is -1.03. The van der Waals surface area contributed by atoms with Gasteiger partial charge in [-0.2, -0.15) is 4.98 Å². The van der Waals surface area contributed by atoms with Gasteiger partial charge in [0.2, 0.25) is 0 Å². The fourth-order valence-electron chi connectivity index (χ4n) is 2.70. The van der Waals surface area contributed by atoms with Gasteiger partial charge in [-0.05, 0) is 52.4 Å². The molecule has 2 rings (SSSR count). The summed E-state index contributed by atoms with van der Waals surface area (Å²) in [7, 11) is 0. The van der Waals surface area contributed by atoms with Crippen LogP contribution < -0.4 is 10.1 Å². The molecule has 0 aliphatic heterocycles. The molecular weight excluding hydrogens is 252 g/mol. The number of nitrogens with zero attached hydrogens (tertiary/aromatic N) is 1. The molecule has 1 N–H and O–H groups in total. The molecule has 4 nitrogen and oxygen atoms in total. The van der Waals surface area contributed by atoms with Gasteiger partial charge in [0.05, 0.1) is 5.69 Å². The molecule has 0 aromatic carbocycles. The van der Waals surface area contributed by atoms with Gasteiger partial charge < -0.3 is 14.5 Å². The quantitative estimate of drug-likeness (QED) is 0.888. The topological polar surface area (TPSA) is 47.3 Å². The van der Waals surface area contributed by atoms with Crippen LogP contribution in [0.5, 0.6) is 6.08 Å². The summed E-state index contributed by atoms with van der Waals surface area (Å²) < 4.78 is 11.4. The minimum absolute atomic E-state index is 0.0800. The molecule has 0 spiro atoms. The normalized spacial score (nSPS) is 23.8. The number of ether oxygens (including phenoxy) is 1. The van der Waals surface area contributed by atoms with E-state index in [1.165, 1.54) is 25.7 Å². The van der Waals surface area contributed by atoms with E-state index in [9.17, 15) is 0 Å². The molecule has 1 aromatic heterocycles. The van der Waals surface area contributed by atoms with Crippen LogP contribution >= 0.6 is 0 Å². The number of rotatable bonds is 5. The first-order chi connectivity index (χ1) is 9.48. The number of nitrogens with one attached hydrogen (secondary N) is 1. The summed E-state index contributed by atoms with van der Waals surface area (Å²) in [6.07, 6.45) is 8.53. The Bertz CT molecular complexity index is 409. The fourth-order valence-corrected chi connectivity index (χ4v) is 2.70. The van der Waals surface area contributed by atoms with E-state index < -0.39 is 0 Å². The van der Waals surface area contributed by atoms with Gasteiger partial charge in [-0.1, -0.05) is 13.3 Å². The number of oxazole rings is 1. The SMILES string of the molecule is CCC1CCCCC1Oc1nc(CNC(C)(C)C)co1. The Balaban J connectivity index is 1.88. The van der Waals surface area contributed by atoms with E-state index in [1.54, 1.807) is 6.26 Å². The van der Waals surface area contributed by atoms with E-state index in [4.69, 9.17) is 9.15 Å². The molecule has 2 atom stereocenters. The summed E-state index contributed by atoms with van der Waals surface area (Å²) >= 11 is 0. The van der Waals surface area contributed by atoms with Crippen molar-refractivity contribution in [3.05, 3.63) is 12.0 Å². The largest absolute Gasteiger partial charge is 0.447 e. The summed E-state index contributed by atoms with van der Waals surface area (Å²) in [4.78, 5) is 4.42. The van der Waals surface area contributed by atoms with E-state index in [-0.39, 0.29) is 11.6 Å². The van der Waals surface area contributed by atoms with E-state index in [0.29, 0.717) is 18.5 Å². The molecule has 0 amide bonds. The van der Waals surface area contributed by atoms with Crippen molar-refractivity contribution >= 4 is 0 Å². The minimum atomic E-state index is 0.0800. The predicted octanol–water partition coefficient (Wildman–Crippen LogP) is 3.91. The lowest BCUT2D eigenvalue weighted by Crippen LogP contribution is -2.35. The Kier molecular flexibility index (Phi) is 5.08. The summed E-state index contributed by atoms with van der Waals surface area (Å²) in [6.45, 7) is 9.36. The van der Waals surface area contributed by atoms with Gasteiger partial charge in [-0.3, -0.25) is 0 Å². The van der Waals surface area contributed by atoms with Crippen LogP contribution in [0, 0.1) is 5.92 Å². The monoisotopic (exact) mass is 280 g/mol. The lowest BCUT2D eigenvalue weighted by molar-refractivity contribution is 0.0610. The first kappa shape index (κ1) is 15.4. The fraction of sp³-hybridized carbons (Fsp3) is 0.812. The standard InChI is InChI=1S/C16H28N2O2/c1-5-12-8-6-7-9-14(12)20-15-18-13(11-19-15)10-17-16(2,3)4/h11-12,14,17H,5-10H2,1-4H3. The third kappa shape index (κ3) is 4.51. The van der Waals surface area contributed by atoms with E-state index in [1.807, 2.05) is 0 Å². The molecule has 1 heterocycles. The number of aromatic nitrogens is 1. The smallest absolute Gasteiger partial charge is 0.394 e. The van der Waals surface area contributed by atoms with Gasteiger partial charge >= 0.3 is 6.08 Å². The summed E-state index contributed by atoms with van der Waals surface area (Å²) in [5.74, 6) is 0.645. The summed E-state index contributed by atoms with van der Waals surface area (Å²) in [5.41, 5.74) is 0.982. The van der Waals surface area contributed by atoms with Crippen molar-refractivity contribution in [2.75, 3.05) is 0 Å². The summed E-state index contributed by atoms with van der Waals surface area (Å²) in [6, 6.07) is 0. The third-order valence-electron chi connectivity index (χ3n) is 3.95. The molecule has 1 aliphatic carbocycles. The Labute approximate surface area is 122 Å². The van der Waals surface area contributed by atoms with Crippen LogP contribution in [0.3, 0.4) is 0 Å². The average Bonchev–Trinajstić information content (AvgIpc) is 2.84. The maximum Gasteiger partial charge on any atom is 0.394 e. The Morgan fingerprint density at radius 2 is 2.10 bits per heavy atom. The minimum Gasteiger partial charge on any atom is -0.447 e. The molecule has 0 radical (unpaired) electrons. The van der Waals surface area contributed by atoms with Gasteiger partial charge in [0.15, 0.2) is 0 Å². The second-order valence-corrected chi connectivity index (χ2v) is 6.82. The van der Waals surface area contributed by atoms with Gasteiger partial charge in [0, 0.05) is 12.1 Å². The highest BCUT2D eigenvalue weighted by Gasteiger charge is 2.26. The van der Waals surface area contributed by atoms with Gasteiger partial charge in [0.25, 0.3) is 0 Å². The first-order valence-corrected chi connectivity index (χ1v) is 7.84. The molecule has 0 saturated heterocycles. The zero-order valence-corrected chi connectivity index (χ0v) is 13.2. The predicted molar refractivity (Wildman–Crippen MR) is 79.8 cm³/mol. The van der Waals surface area contributed by atoms with E-state index in [2.05, 4.69) is 38.0 Å². The van der Waals surface area contributed by atoms with Crippen LogP contribution in [0.1, 0.15) is 65.5 Å². The molecule has 0 bridgehead atoms. The van der Waals surface area contributed by atoms with Crippen molar-refractivity contribution in [3.63, 3.8) is 0 Å². The Morgan fingerprint density at radius 3 is 2.80 bits per heavy atom. The lowest BCUT2D eigenvalue weighted by atomic mass is 9.85. The van der Waals surface area contributed by atoms with Crippen molar-refractivity contribution in [1.29, 1.82) is 0 Å². The van der Waals surface area contributed by atoms with Crippen LogP contribution in [-0.4, -0.2) is 16.6 Å². The van der Waals surface area contributed by atoms with Gasteiger partial charge in [-0.25, -0.2) is 0 Å². The van der Waals surface area contributed by atoms with Crippen LogP contribution in [0.4, 0.5) is 0 Å². The van der Waals surface area contributed by atoms with Crippen LogP contribution in [-0.2, 0) is 6.54 Å². The molecule has 1 aliphatic rings. The number of hydrogen-bond acceptors (Lipinski definition) is 4. The molecule has 2 unspecified atom stereocenters. The van der Waals surface area contributed by atoms with Gasteiger partial charge in [-0.15, -0.1) is 0 Å². The number of hydrogen-bond donors (Lipinski definition) is 1. The van der Waals surface area contributed by atoms with Crippen LogP contribution in [0.2, 0.25) is 0 Å².